The Morgan fingerprint density at radius 2 is 2.25 bits per heavy atom. The fourth-order valence-electron chi connectivity index (χ4n) is 3.14. The van der Waals surface area contributed by atoms with Crippen molar-refractivity contribution >= 4 is 5.96 Å². The van der Waals surface area contributed by atoms with E-state index in [1.54, 1.807) is 7.05 Å². The lowest BCUT2D eigenvalue weighted by molar-refractivity contribution is 0.159. The fraction of sp³-hybridized carbons (Fsp3) is 0.579. The molecule has 1 unspecified atom stereocenters. The summed E-state index contributed by atoms with van der Waals surface area (Å²) in [4.78, 5) is 6.85. The molecule has 2 N–H and O–H groups in total. The lowest BCUT2D eigenvalue weighted by Gasteiger charge is -2.33. The summed E-state index contributed by atoms with van der Waals surface area (Å²) < 4.78 is 0. The van der Waals surface area contributed by atoms with Crippen LogP contribution in [-0.2, 0) is 6.54 Å². The Hall–Kier alpha value is -2.06. The maximum absolute atomic E-state index is 8.94. The number of likely N-dealkylation sites (tertiary alicyclic amines) is 1. The monoisotopic (exact) mass is 327 g/mol. The molecule has 0 aliphatic carbocycles. The number of nitrogens with zero attached hydrogens (tertiary/aromatic N) is 3. The van der Waals surface area contributed by atoms with Crippen molar-refractivity contribution in [1.82, 2.24) is 15.5 Å². The smallest absolute Gasteiger partial charge is 0.191 e. The van der Waals surface area contributed by atoms with Crippen LogP contribution in [0.2, 0.25) is 0 Å². The molecule has 24 heavy (non-hydrogen) atoms. The molecule has 1 atom stereocenters. The maximum atomic E-state index is 8.94. The third-order valence-corrected chi connectivity index (χ3v) is 4.59. The Balaban J connectivity index is 1.68. The number of nitrogens with one attached hydrogen (secondary N) is 2. The highest BCUT2D eigenvalue weighted by molar-refractivity contribution is 5.79. The van der Waals surface area contributed by atoms with Crippen LogP contribution in [0.1, 0.15) is 43.7 Å². The predicted octanol–water partition coefficient (Wildman–Crippen LogP) is 2.49. The van der Waals surface area contributed by atoms with Crippen molar-refractivity contribution < 1.29 is 0 Å². The van der Waals surface area contributed by atoms with E-state index in [1.165, 1.54) is 25.8 Å². The van der Waals surface area contributed by atoms with E-state index in [9.17, 15) is 0 Å². The molecule has 5 nitrogen and oxygen atoms in total. The third-order valence-electron chi connectivity index (χ3n) is 4.59. The molecule has 2 rings (SSSR count). The number of guanidine groups is 1. The minimum absolute atomic E-state index is 0.665. The van der Waals surface area contributed by atoms with Gasteiger partial charge in [-0.25, -0.2) is 0 Å². The molecule has 0 saturated carbocycles. The summed E-state index contributed by atoms with van der Waals surface area (Å²) in [5.74, 6) is 0.809. The van der Waals surface area contributed by atoms with E-state index in [0.29, 0.717) is 12.1 Å². The Labute approximate surface area is 145 Å². The number of rotatable bonds is 6. The fourth-order valence-corrected chi connectivity index (χ4v) is 3.14. The zero-order valence-electron chi connectivity index (χ0n) is 14.9. The van der Waals surface area contributed by atoms with E-state index in [4.69, 9.17) is 5.26 Å². The molecule has 0 radical (unpaired) electrons. The Morgan fingerprint density at radius 3 is 3.00 bits per heavy atom. The van der Waals surface area contributed by atoms with Crippen LogP contribution in [0.3, 0.4) is 0 Å². The highest BCUT2D eigenvalue weighted by atomic mass is 15.2. The number of aliphatic imine (C=N–C) groups is 1. The van der Waals surface area contributed by atoms with Gasteiger partial charge >= 0.3 is 0 Å². The average Bonchev–Trinajstić information content (AvgIpc) is 2.62. The van der Waals surface area contributed by atoms with E-state index in [2.05, 4.69) is 33.5 Å². The molecule has 0 aromatic heterocycles. The van der Waals surface area contributed by atoms with Gasteiger partial charge in [0.2, 0.25) is 0 Å². The number of hydrogen-bond acceptors (Lipinski definition) is 3. The van der Waals surface area contributed by atoms with Crippen molar-refractivity contribution in [1.29, 1.82) is 5.26 Å². The SMILES string of the molecule is CN=C(NCCCN1CCCCC1C)NCc1cccc(C#N)c1. The number of piperidine rings is 1. The zero-order valence-corrected chi connectivity index (χ0v) is 14.9. The molecule has 1 aliphatic heterocycles. The van der Waals surface area contributed by atoms with Crippen LogP contribution in [0.4, 0.5) is 0 Å². The van der Waals surface area contributed by atoms with Crippen molar-refractivity contribution in [3.8, 4) is 6.07 Å². The van der Waals surface area contributed by atoms with Crippen molar-refractivity contribution in [3.05, 3.63) is 35.4 Å². The second kappa shape index (κ2) is 9.94. The van der Waals surface area contributed by atoms with E-state index in [1.807, 2.05) is 24.3 Å². The van der Waals surface area contributed by atoms with E-state index >= 15 is 0 Å². The van der Waals surface area contributed by atoms with Crippen molar-refractivity contribution in [2.75, 3.05) is 26.7 Å². The van der Waals surface area contributed by atoms with Gasteiger partial charge in [-0.05, 0) is 50.4 Å². The van der Waals surface area contributed by atoms with Gasteiger partial charge in [0, 0.05) is 32.7 Å². The normalized spacial score (nSPS) is 18.9. The van der Waals surface area contributed by atoms with Crippen molar-refractivity contribution in [3.63, 3.8) is 0 Å². The molecular weight excluding hydrogens is 298 g/mol. The van der Waals surface area contributed by atoms with Gasteiger partial charge in [0.15, 0.2) is 5.96 Å². The Bertz CT molecular complexity index is 575. The van der Waals surface area contributed by atoms with Gasteiger partial charge in [0.05, 0.1) is 11.6 Å². The van der Waals surface area contributed by atoms with Gasteiger partial charge in [-0.2, -0.15) is 5.26 Å². The minimum Gasteiger partial charge on any atom is -0.356 e. The summed E-state index contributed by atoms with van der Waals surface area (Å²) in [6, 6.07) is 10.5. The van der Waals surface area contributed by atoms with Crippen LogP contribution in [-0.4, -0.2) is 43.6 Å². The molecule has 1 fully saturated rings. The summed E-state index contributed by atoms with van der Waals surface area (Å²) in [5.41, 5.74) is 1.77. The number of nitriles is 1. The molecule has 0 bridgehead atoms. The number of benzene rings is 1. The topological polar surface area (TPSA) is 63.5 Å². The van der Waals surface area contributed by atoms with Gasteiger partial charge in [-0.1, -0.05) is 18.6 Å². The van der Waals surface area contributed by atoms with Gasteiger partial charge in [-0.3, -0.25) is 4.99 Å². The minimum atomic E-state index is 0.665. The van der Waals surface area contributed by atoms with Gasteiger partial charge < -0.3 is 15.5 Å². The summed E-state index contributed by atoms with van der Waals surface area (Å²) >= 11 is 0. The van der Waals surface area contributed by atoms with Crippen LogP contribution in [0.15, 0.2) is 29.3 Å². The highest BCUT2D eigenvalue weighted by Gasteiger charge is 2.17. The van der Waals surface area contributed by atoms with Crippen LogP contribution < -0.4 is 10.6 Å². The zero-order chi connectivity index (χ0) is 17.2. The number of hydrogen-bond donors (Lipinski definition) is 2. The molecule has 1 heterocycles. The van der Waals surface area contributed by atoms with E-state index in [0.717, 1.165) is 37.1 Å². The van der Waals surface area contributed by atoms with Crippen LogP contribution in [0.25, 0.3) is 0 Å². The second-order valence-corrected chi connectivity index (χ2v) is 6.40. The molecular formula is C19H29N5. The molecule has 0 spiro atoms. The molecule has 1 aliphatic rings. The summed E-state index contributed by atoms with van der Waals surface area (Å²) in [5, 5.41) is 15.6. The molecule has 0 amide bonds. The quantitative estimate of drug-likeness (QED) is 0.479. The molecule has 130 valence electrons. The average molecular weight is 327 g/mol. The summed E-state index contributed by atoms with van der Waals surface area (Å²) in [6.07, 6.45) is 5.16. The molecule has 1 aromatic rings. The summed E-state index contributed by atoms with van der Waals surface area (Å²) in [6.45, 7) is 6.31. The standard InChI is InChI=1S/C19H29N5/c1-16-7-3-4-11-24(16)12-6-10-22-19(21-2)23-15-18-9-5-8-17(13-18)14-20/h5,8-9,13,16H,3-4,6-7,10-12,15H2,1-2H3,(H2,21,22,23). The van der Waals surface area contributed by atoms with E-state index < -0.39 is 0 Å². The Kier molecular flexibility index (Phi) is 7.57. The van der Waals surface area contributed by atoms with Gasteiger partial charge in [-0.15, -0.1) is 0 Å². The molecule has 1 saturated heterocycles. The highest BCUT2D eigenvalue weighted by Crippen LogP contribution is 2.16. The lowest BCUT2D eigenvalue weighted by Crippen LogP contribution is -2.41. The van der Waals surface area contributed by atoms with Crippen LogP contribution >= 0.6 is 0 Å². The Morgan fingerprint density at radius 1 is 1.38 bits per heavy atom. The first-order valence-corrected chi connectivity index (χ1v) is 8.90. The first-order valence-electron chi connectivity index (χ1n) is 8.90. The molecule has 5 heteroatoms. The van der Waals surface area contributed by atoms with E-state index in [-0.39, 0.29) is 0 Å². The van der Waals surface area contributed by atoms with Gasteiger partial charge in [0.1, 0.15) is 0 Å². The van der Waals surface area contributed by atoms with Crippen molar-refractivity contribution in [2.24, 2.45) is 4.99 Å². The maximum Gasteiger partial charge on any atom is 0.191 e. The first kappa shape index (κ1) is 18.3. The third kappa shape index (κ3) is 5.86. The summed E-state index contributed by atoms with van der Waals surface area (Å²) in [7, 11) is 1.79. The van der Waals surface area contributed by atoms with Crippen LogP contribution in [0, 0.1) is 11.3 Å². The second-order valence-electron chi connectivity index (χ2n) is 6.40. The van der Waals surface area contributed by atoms with Crippen LogP contribution in [0.5, 0.6) is 0 Å². The largest absolute Gasteiger partial charge is 0.356 e. The lowest BCUT2D eigenvalue weighted by atomic mass is 10.0. The van der Waals surface area contributed by atoms with Crippen molar-refractivity contribution in [2.45, 2.75) is 45.2 Å². The molecule has 1 aromatic carbocycles. The van der Waals surface area contributed by atoms with Gasteiger partial charge in [0.25, 0.3) is 0 Å². The first-order chi connectivity index (χ1) is 11.7. The predicted molar refractivity (Wildman–Crippen MR) is 98.9 cm³/mol.